The van der Waals surface area contributed by atoms with Crippen LogP contribution in [0.25, 0.3) is 0 Å². The van der Waals surface area contributed by atoms with Crippen molar-refractivity contribution >= 4 is 16.1 Å². The summed E-state index contributed by atoms with van der Waals surface area (Å²) in [6.07, 6.45) is 0.739. The molecule has 0 bridgehead atoms. The van der Waals surface area contributed by atoms with Crippen LogP contribution < -0.4 is 0 Å². The first-order valence-corrected chi connectivity index (χ1v) is 11.1. The maximum Gasteiger partial charge on any atom is 0.282 e. The molecule has 2 heterocycles. The topological polar surface area (TPSA) is 64.2 Å². The third-order valence-corrected chi connectivity index (χ3v) is 7.61. The Balaban J connectivity index is 1.60. The van der Waals surface area contributed by atoms with Crippen LogP contribution in [0.4, 0.5) is 0 Å². The molecule has 1 amide bonds. The summed E-state index contributed by atoms with van der Waals surface area (Å²) in [7, 11) is -1.43. The number of carbonyl (C=O) groups excluding carboxylic acids is 1. The van der Waals surface area contributed by atoms with Crippen LogP contribution in [-0.4, -0.2) is 92.1 Å². The highest BCUT2D eigenvalue weighted by Crippen LogP contribution is 2.23. The van der Waals surface area contributed by atoms with Gasteiger partial charge in [-0.1, -0.05) is 37.3 Å². The van der Waals surface area contributed by atoms with Crippen LogP contribution in [0.15, 0.2) is 30.3 Å². The first kappa shape index (κ1) is 20.3. The van der Waals surface area contributed by atoms with Gasteiger partial charge in [-0.25, -0.2) is 0 Å². The van der Waals surface area contributed by atoms with E-state index in [2.05, 4.69) is 4.90 Å². The number of rotatable bonds is 5. The third kappa shape index (κ3) is 4.51. The molecule has 1 aromatic rings. The predicted octanol–water partition coefficient (Wildman–Crippen LogP) is 0.817. The van der Waals surface area contributed by atoms with Gasteiger partial charge in [-0.15, -0.1) is 0 Å². The van der Waals surface area contributed by atoms with Gasteiger partial charge in [0.15, 0.2) is 0 Å². The fraction of sp³-hybridized carbons (Fsp3) is 0.632. The van der Waals surface area contributed by atoms with E-state index in [0.29, 0.717) is 39.3 Å². The van der Waals surface area contributed by atoms with Gasteiger partial charge in [-0.05, 0) is 19.0 Å². The zero-order valence-corrected chi connectivity index (χ0v) is 17.1. The Morgan fingerprint density at radius 3 is 1.96 bits per heavy atom. The lowest BCUT2D eigenvalue weighted by atomic mass is 9.95. The molecular formula is C19H30N4O3S. The highest BCUT2D eigenvalue weighted by molar-refractivity contribution is 7.86. The summed E-state index contributed by atoms with van der Waals surface area (Å²) in [5.74, 6) is -0.0627. The summed E-state index contributed by atoms with van der Waals surface area (Å²) >= 11 is 0. The predicted molar refractivity (Wildman–Crippen MR) is 106 cm³/mol. The smallest absolute Gasteiger partial charge is 0.282 e. The largest absolute Gasteiger partial charge is 0.340 e. The van der Waals surface area contributed by atoms with E-state index in [0.717, 1.165) is 25.1 Å². The molecule has 0 unspecified atom stereocenters. The van der Waals surface area contributed by atoms with E-state index < -0.39 is 10.2 Å². The highest BCUT2D eigenvalue weighted by Gasteiger charge is 2.35. The van der Waals surface area contributed by atoms with Crippen molar-refractivity contribution in [2.45, 2.75) is 19.3 Å². The number of benzene rings is 1. The summed E-state index contributed by atoms with van der Waals surface area (Å²) in [4.78, 5) is 16.9. The number of hydrogen-bond acceptors (Lipinski definition) is 4. The number of amides is 1. The van der Waals surface area contributed by atoms with Gasteiger partial charge in [0.25, 0.3) is 10.2 Å². The van der Waals surface area contributed by atoms with Crippen LogP contribution in [0.2, 0.25) is 0 Å². The number of hydrogen-bond donors (Lipinski definition) is 0. The average Bonchev–Trinajstić information content (AvgIpc) is 2.70. The zero-order valence-electron chi connectivity index (χ0n) is 16.2. The first-order valence-electron chi connectivity index (χ1n) is 9.71. The fourth-order valence-corrected chi connectivity index (χ4v) is 5.36. The Morgan fingerprint density at radius 1 is 0.926 bits per heavy atom. The van der Waals surface area contributed by atoms with Crippen molar-refractivity contribution in [3.8, 4) is 0 Å². The molecule has 0 aliphatic carbocycles. The number of likely N-dealkylation sites (N-methyl/N-ethyl adjacent to an activating group) is 1. The Hall–Kier alpha value is -1.48. The van der Waals surface area contributed by atoms with Gasteiger partial charge in [0.05, 0.1) is 5.92 Å². The van der Waals surface area contributed by atoms with E-state index in [1.807, 2.05) is 49.2 Å². The summed E-state index contributed by atoms with van der Waals surface area (Å²) in [5.41, 5.74) is 1.03. The van der Waals surface area contributed by atoms with E-state index in [1.54, 1.807) is 4.31 Å². The lowest BCUT2D eigenvalue weighted by molar-refractivity contribution is -0.134. The van der Waals surface area contributed by atoms with E-state index in [-0.39, 0.29) is 11.8 Å². The highest BCUT2D eigenvalue weighted by atomic mass is 32.2. The fourth-order valence-electron chi connectivity index (χ4n) is 3.78. The van der Waals surface area contributed by atoms with Crippen molar-refractivity contribution in [3.63, 3.8) is 0 Å². The van der Waals surface area contributed by atoms with E-state index in [9.17, 15) is 13.2 Å². The van der Waals surface area contributed by atoms with Gasteiger partial charge in [0.2, 0.25) is 5.91 Å². The maximum atomic E-state index is 13.0. The third-order valence-electron chi connectivity index (χ3n) is 5.57. The summed E-state index contributed by atoms with van der Waals surface area (Å²) in [5, 5.41) is 0. The van der Waals surface area contributed by atoms with Gasteiger partial charge in [-0.2, -0.15) is 17.0 Å². The van der Waals surface area contributed by atoms with Crippen molar-refractivity contribution in [3.05, 3.63) is 35.9 Å². The van der Waals surface area contributed by atoms with Crippen LogP contribution in [-0.2, 0) is 15.0 Å². The maximum absolute atomic E-state index is 13.0. The Labute approximate surface area is 162 Å². The quantitative estimate of drug-likeness (QED) is 0.742. The molecule has 2 saturated heterocycles. The SMILES string of the molecule is CC[C@H](C(=O)N1CCN(S(=O)(=O)N2CCN(C)CC2)CC1)c1ccccc1. The molecular weight excluding hydrogens is 364 g/mol. The van der Waals surface area contributed by atoms with Crippen LogP contribution in [0.3, 0.4) is 0 Å². The van der Waals surface area contributed by atoms with Crippen molar-refractivity contribution in [1.29, 1.82) is 0 Å². The van der Waals surface area contributed by atoms with Crippen LogP contribution in [0.5, 0.6) is 0 Å². The van der Waals surface area contributed by atoms with Crippen molar-refractivity contribution in [1.82, 2.24) is 18.4 Å². The van der Waals surface area contributed by atoms with Crippen molar-refractivity contribution in [2.24, 2.45) is 0 Å². The summed E-state index contributed by atoms with van der Waals surface area (Å²) in [6, 6.07) is 9.82. The minimum atomic E-state index is -3.43. The van der Waals surface area contributed by atoms with Gasteiger partial charge in [0.1, 0.15) is 0 Å². The first-order chi connectivity index (χ1) is 12.9. The van der Waals surface area contributed by atoms with E-state index in [4.69, 9.17) is 0 Å². The van der Waals surface area contributed by atoms with Gasteiger partial charge in [0, 0.05) is 52.4 Å². The Morgan fingerprint density at radius 2 is 1.44 bits per heavy atom. The molecule has 7 nitrogen and oxygen atoms in total. The minimum absolute atomic E-state index is 0.0975. The van der Waals surface area contributed by atoms with Crippen LogP contribution >= 0.6 is 0 Å². The molecule has 0 radical (unpaired) electrons. The molecule has 0 spiro atoms. The molecule has 1 aromatic carbocycles. The van der Waals surface area contributed by atoms with Gasteiger partial charge < -0.3 is 9.80 Å². The van der Waals surface area contributed by atoms with Crippen molar-refractivity contribution in [2.75, 3.05) is 59.4 Å². The van der Waals surface area contributed by atoms with E-state index >= 15 is 0 Å². The number of piperazine rings is 2. The normalized spacial score (nSPS) is 21.9. The molecule has 8 heteroatoms. The Bertz CT molecular complexity index is 725. The second kappa shape index (κ2) is 8.68. The molecule has 0 saturated carbocycles. The lowest BCUT2D eigenvalue weighted by Gasteiger charge is -2.39. The Kier molecular flexibility index (Phi) is 6.52. The standard InChI is InChI=1S/C19H30N4O3S/c1-3-18(17-7-5-4-6-8-17)19(24)21-11-15-23(16-12-21)27(25,26)22-13-9-20(2)10-14-22/h4-8,18H,3,9-16H2,1-2H3/t18-/m0/s1. The van der Waals surface area contributed by atoms with Crippen LogP contribution in [0, 0.1) is 0 Å². The second-order valence-electron chi connectivity index (χ2n) is 7.31. The molecule has 150 valence electrons. The molecule has 2 aliphatic heterocycles. The molecule has 2 fully saturated rings. The van der Waals surface area contributed by atoms with E-state index in [1.165, 1.54) is 4.31 Å². The second-order valence-corrected chi connectivity index (χ2v) is 9.23. The van der Waals surface area contributed by atoms with Crippen LogP contribution in [0.1, 0.15) is 24.8 Å². The lowest BCUT2D eigenvalue weighted by Crippen LogP contribution is -2.57. The molecule has 1 atom stereocenters. The number of nitrogens with zero attached hydrogens (tertiary/aromatic N) is 4. The molecule has 27 heavy (non-hydrogen) atoms. The average molecular weight is 395 g/mol. The van der Waals surface area contributed by atoms with Gasteiger partial charge in [-0.3, -0.25) is 4.79 Å². The summed E-state index contributed by atoms with van der Waals surface area (Å²) in [6.45, 7) is 6.23. The van der Waals surface area contributed by atoms with Crippen molar-refractivity contribution < 1.29 is 13.2 Å². The van der Waals surface area contributed by atoms with Gasteiger partial charge >= 0.3 is 0 Å². The zero-order chi connectivity index (χ0) is 19.4. The molecule has 0 N–H and O–H groups in total. The molecule has 3 rings (SSSR count). The number of carbonyl (C=O) groups is 1. The minimum Gasteiger partial charge on any atom is -0.340 e. The monoisotopic (exact) mass is 394 g/mol. The molecule has 2 aliphatic rings. The molecule has 0 aromatic heterocycles. The summed E-state index contributed by atoms with van der Waals surface area (Å²) < 4.78 is 28.8.